The first kappa shape index (κ1) is 18.8. The fourth-order valence-corrected chi connectivity index (χ4v) is 2.43. The smallest absolute Gasteiger partial charge is 0.304 e. The van der Waals surface area contributed by atoms with E-state index in [1.807, 2.05) is 0 Å². The molecule has 20 heavy (non-hydrogen) atoms. The monoisotopic (exact) mass is 309 g/mol. The van der Waals surface area contributed by atoms with Gasteiger partial charge in [-0.15, -0.1) is 0 Å². The van der Waals surface area contributed by atoms with Gasteiger partial charge in [0.05, 0.1) is 13.0 Å². The second kappa shape index (κ2) is 7.00. The van der Waals surface area contributed by atoms with E-state index >= 15 is 0 Å². The van der Waals surface area contributed by atoms with Crippen molar-refractivity contribution in [3.63, 3.8) is 0 Å². The van der Waals surface area contributed by atoms with Gasteiger partial charge in [0.25, 0.3) is 10.2 Å². The number of hydrogen-bond donors (Lipinski definition) is 2. The molecule has 0 saturated heterocycles. The molecule has 2 N–H and O–H groups in total. The Morgan fingerprint density at radius 2 is 1.65 bits per heavy atom. The van der Waals surface area contributed by atoms with Crippen LogP contribution in [0.2, 0.25) is 0 Å². The van der Waals surface area contributed by atoms with Gasteiger partial charge in [0.1, 0.15) is 0 Å². The second-order valence-electron chi connectivity index (χ2n) is 5.53. The maximum atomic E-state index is 12.0. The minimum Gasteiger partial charge on any atom is -0.481 e. The van der Waals surface area contributed by atoms with Crippen molar-refractivity contribution in [1.29, 1.82) is 0 Å². The number of aliphatic carboxylic acids is 1. The van der Waals surface area contributed by atoms with E-state index in [-0.39, 0.29) is 19.5 Å². The molecular weight excluding hydrogens is 286 g/mol. The predicted octanol–water partition coefficient (Wildman–Crippen LogP) is -0.516. The van der Waals surface area contributed by atoms with Crippen LogP contribution in [-0.2, 0) is 19.8 Å². The molecule has 0 aliphatic heterocycles. The summed E-state index contributed by atoms with van der Waals surface area (Å²) in [5, 5.41) is 11.2. The Hall–Kier alpha value is -1.19. The lowest BCUT2D eigenvalue weighted by Crippen LogP contribution is -2.48. The number of nitrogens with one attached hydrogen (secondary N) is 1. The summed E-state index contributed by atoms with van der Waals surface area (Å²) < 4.78 is 25.8. The molecular formula is C11H23N3O5S. The fraction of sp³-hybridized carbons (Fsp3) is 0.818. The summed E-state index contributed by atoms with van der Waals surface area (Å²) in [6, 6.07) is 0. The zero-order valence-electron chi connectivity index (χ0n) is 12.5. The highest BCUT2D eigenvalue weighted by Gasteiger charge is 2.26. The van der Waals surface area contributed by atoms with Crippen LogP contribution in [0.4, 0.5) is 0 Å². The van der Waals surface area contributed by atoms with Crippen molar-refractivity contribution in [2.45, 2.75) is 32.7 Å². The van der Waals surface area contributed by atoms with Crippen LogP contribution in [0, 0.1) is 0 Å². The van der Waals surface area contributed by atoms with Crippen molar-refractivity contribution in [3.8, 4) is 0 Å². The van der Waals surface area contributed by atoms with Crippen LogP contribution in [0.15, 0.2) is 0 Å². The fourth-order valence-electron chi connectivity index (χ4n) is 1.35. The number of carbonyl (C=O) groups excluding carboxylic acids is 1. The zero-order valence-corrected chi connectivity index (χ0v) is 13.3. The van der Waals surface area contributed by atoms with Crippen LogP contribution in [-0.4, -0.2) is 66.7 Å². The number of rotatable bonds is 7. The summed E-state index contributed by atoms with van der Waals surface area (Å²) in [4.78, 5) is 22.1. The van der Waals surface area contributed by atoms with Crippen molar-refractivity contribution in [3.05, 3.63) is 0 Å². The molecule has 0 aromatic heterocycles. The van der Waals surface area contributed by atoms with E-state index in [2.05, 4.69) is 5.32 Å². The van der Waals surface area contributed by atoms with Gasteiger partial charge < -0.3 is 10.4 Å². The maximum Gasteiger partial charge on any atom is 0.304 e. The Balaban J connectivity index is 4.62. The van der Waals surface area contributed by atoms with Gasteiger partial charge in [-0.3, -0.25) is 9.59 Å². The summed E-state index contributed by atoms with van der Waals surface area (Å²) >= 11 is 0. The van der Waals surface area contributed by atoms with Crippen molar-refractivity contribution in [2.75, 3.05) is 27.2 Å². The average Bonchev–Trinajstić information content (AvgIpc) is 2.22. The molecule has 8 nitrogen and oxygen atoms in total. The molecule has 0 saturated carbocycles. The molecule has 0 radical (unpaired) electrons. The van der Waals surface area contributed by atoms with E-state index in [1.54, 1.807) is 20.8 Å². The molecule has 9 heteroatoms. The van der Waals surface area contributed by atoms with E-state index in [1.165, 1.54) is 14.1 Å². The maximum absolute atomic E-state index is 12.0. The summed E-state index contributed by atoms with van der Waals surface area (Å²) in [7, 11) is -1.30. The molecule has 1 amide bonds. The minimum atomic E-state index is -3.84. The quantitative estimate of drug-likeness (QED) is 0.658. The summed E-state index contributed by atoms with van der Waals surface area (Å²) in [6.07, 6.45) is -0.294. The third-order valence-corrected chi connectivity index (χ3v) is 4.20. The number of carbonyl (C=O) groups is 2. The van der Waals surface area contributed by atoms with Gasteiger partial charge >= 0.3 is 5.97 Å². The third kappa shape index (κ3) is 6.83. The van der Waals surface area contributed by atoms with E-state index in [0.29, 0.717) is 0 Å². The van der Waals surface area contributed by atoms with Crippen LogP contribution >= 0.6 is 0 Å². The van der Waals surface area contributed by atoms with Crippen molar-refractivity contribution >= 4 is 22.1 Å². The number of hydrogen-bond acceptors (Lipinski definition) is 4. The van der Waals surface area contributed by atoms with Crippen molar-refractivity contribution in [1.82, 2.24) is 13.9 Å². The first-order chi connectivity index (χ1) is 8.86. The second-order valence-corrected chi connectivity index (χ2v) is 7.67. The number of carboxylic acids is 1. The summed E-state index contributed by atoms with van der Waals surface area (Å²) in [6.45, 7) is 4.90. The Kier molecular flexibility index (Phi) is 6.59. The topological polar surface area (TPSA) is 107 Å². The van der Waals surface area contributed by atoms with Crippen LogP contribution < -0.4 is 5.32 Å². The van der Waals surface area contributed by atoms with E-state index in [9.17, 15) is 18.0 Å². The largest absolute Gasteiger partial charge is 0.481 e. The highest BCUT2D eigenvalue weighted by molar-refractivity contribution is 7.86. The number of amides is 1. The average molecular weight is 309 g/mol. The third-order valence-electron chi connectivity index (χ3n) is 2.31. The molecule has 0 fully saturated rings. The molecule has 0 aromatic rings. The molecule has 0 bridgehead atoms. The molecule has 0 aromatic carbocycles. The van der Waals surface area contributed by atoms with E-state index < -0.39 is 27.6 Å². The van der Waals surface area contributed by atoms with E-state index in [0.717, 1.165) is 8.61 Å². The SMILES string of the molecule is CN(CCC(=O)O)S(=O)(=O)N(C)CC(=O)NC(C)(C)C. The molecule has 0 spiro atoms. The molecule has 0 atom stereocenters. The van der Waals surface area contributed by atoms with Crippen LogP contribution in [0.1, 0.15) is 27.2 Å². The van der Waals surface area contributed by atoms with Gasteiger partial charge in [0.2, 0.25) is 5.91 Å². The minimum absolute atomic E-state index is 0.150. The molecule has 0 unspecified atom stereocenters. The zero-order chi connectivity index (χ0) is 16.1. The van der Waals surface area contributed by atoms with Crippen LogP contribution in [0.25, 0.3) is 0 Å². The van der Waals surface area contributed by atoms with Crippen LogP contribution in [0.5, 0.6) is 0 Å². The first-order valence-corrected chi connectivity index (χ1v) is 7.46. The highest BCUT2D eigenvalue weighted by Crippen LogP contribution is 2.05. The van der Waals surface area contributed by atoms with Crippen molar-refractivity contribution in [2.24, 2.45) is 0 Å². The number of likely N-dealkylation sites (N-methyl/N-ethyl adjacent to an activating group) is 1. The summed E-state index contributed by atoms with van der Waals surface area (Å²) in [5.41, 5.74) is -0.448. The highest BCUT2D eigenvalue weighted by atomic mass is 32.2. The standard InChI is InChI=1S/C11H23N3O5S/c1-11(2,3)12-9(15)8-14(5)20(18,19)13(4)7-6-10(16)17/h6-8H2,1-5H3,(H,12,15)(H,16,17). The lowest BCUT2D eigenvalue weighted by molar-refractivity contribution is -0.137. The molecule has 0 heterocycles. The Labute approximate surface area is 119 Å². The molecule has 0 aliphatic rings. The predicted molar refractivity (Wildman–Crippen MR) is 74.3 cm³/mol. The lowest BCUT2D eigenvalue weighted by atomic mass is 10.1. The van der Waals surface area contributed by atoms with Gasteiger partial charge in [0, 0.05) is 26.2 Å². The normalized spacial score (nSPS) is 12.8. The Bertz CT molecular complexity index is 455. The van der Waals surface area contributed by atoms with Gasteiger partial charge in [-0.25, -0.2) is 0 Å². The Morgan fingerprint density at radius 1 is 1.15 bits per heavy atom. The number of carboxylic acid groups (broad SMARTS) is 1. The summed E-state index contributed by atoms with van der Waals surface area (Å²) in [5.74, 6) is -1.50. The lowest BCUT2D eigenvalue weighted by Gasteiger charge is -2.26. The Morgan fingerprint density at radius 3 is 2.05 bits per heavy atom. The number of nitrogens with zero attached hydrogens (tertiary/aromatic N) is 2. The van der Waals surface area contributed by atoms with Gasteiger partial charge in [-0.2, -0.15) is 17.0 Å². The van der Waals surface area contributed by atoms with Gasteiger partial charge in [-0.1, -0.05) is 0 Å². The van der Waals surface area contributed by atoms with Gasteiger partial charge in [-0.05, 0) is 20.8 Å². The van der Waals surface area contributed by atoms with Gasteiger partial charge in [0.15, 0.2) is 0 Å². The van der Waals surface area contributed by atoms with Crippen molar-refractivity contribution < 1.29 is 23.1 Å². The molecule has 0 aliphatic carbocycles. The molecule has 0 rings (SSSR count). The first-order valence-electron chi connectivity index (χ1n) is 6.06. The molecule has 118 valence electrons. The van der Waals surface area contributed by atoms with E-state index in [4.69, 9.17) is 5.11 Å². The van der Waals surface area contributed by atoms with Crippen LogP contribution in [0.3, 0.4) is 0 Å².